The standard InChI is InChI=1S/C21H17FN4O2S/c1-2-18-25-26-19(23)17(20(27)24-21(26)29-18)11-13-5-9-16(10-6-13)28-12-14-3-7-15(22)8-4-14/h3-11,23H,2,12H2,1H3/b17-11-,23-19?. The molecule has 0 bridgehead atoms. The summed E-state index contributed by atoms with van der Waals surface area (Å²) in [6.45, 7) is 2.29. The number of amides is 1. The highest BCUT2D eigenvalue weighted by Gasteiger charge is 2.34. The average molecular weight is 408 g/mol. The second-order valence-electron chi connectivity index (χ2n) is 6.35. The fraction of sp³-hybridized carbons (Fsp3) is 0.143. The molecule has 0 radical (unpaired) electrons. The molecular formula is C21H17FN4O2S. The number of hydrogen-bond donors (Lipinski definition) is 1. The third-order valence-electron chi connectivity index (χ3n) is 4.31. The van der Waals surface area contributed by atoms with Crippen LogP contribution in [0.4, 0.5) is 4.39 Å². The van der Waals surface area contributed by atoms with Gasteiger partial charge in [-0.3, -0.25) is 10.2 Å². The number of hydrazone groups is 1. The first kappa shape index (κ1) is 19.1. The smallest absolute Gasteiger partial charge is 0.283 e. The molecule has 6 nitrogen and oxygen atoms in total. The number of amidine groups is 2. The molecule has 29 heavy (non-hydrogen) atoms. The van der Waals surface area contributed by atoms with Crippen LogP contribution in [0.2, 0.25) is 0 Å². The van der Waals surface area contributed by atoms with Crippen LogP contribution in [0, 0.1) is 11.2 Å². The van der Waals surface area contributed by atoms with Gasteiger partial charge >= 0.3 is 0 Å². The van der Waals surface area contributed by atoms with Crippen molar-refractivity contribution in [3.8, 4) is 5.75 Å². The summed E-state index contributed by atoms with van der Waals surface area (Å²) in [5.41, 5.74) is 1.80. The second-order valence-corrected chi connectivity index (χ2v) is 7.39. The Labute approximate surface area is 171 Å². The van der Waals surface area contributed by atoms with Gasteiger partial charge < -0.3 is 4.74 Å². The molecule has 2 aliphatic rings. The number of carbonyl (C=O) groups is 1. The van der Waals surface area contributed by atoms with E-state index < -0.39 is 5.91 Å². The molecule has 0 saturated carbocycles. The van der Waals surface area contributed by atoms with E-state index in [9.17, 15) is 9.18 Å². The molecule has 0 unspecified atom stereocenters. The van der Waals surface area contributed by atoms with Crippen molar-refractivity contribution in [2.24, 2.45) is 10.1 Å². The van der Waals surface area contributed by atoms with E-state index in [-0.39, 0.29) is 17.2 Å². The minimum absolute atomic E-state index is 0.0209. The van der Waals surface area contributed by atoms with Gasteiger partial charge in [0.1, 0.15) is 23.2 Å². The minimum atomic E-state index is -0.446. The van der Waals surface area contributed by atoms with Gasteiger partial charge in [-0.15, -0.1) is 0 Å². The fourth-order valence-electron chi connectivity index (χ4n) is 2.75. The van der Waals surface area contributed by atoms with Gasteiger partial charge in [0.2, 0.25) is 5.17 Å². The topological polar surface area (TPSA) is 78.1 Å². The maximum absolute atomic E-state index is 12.9. The predicted molar refractivity (Wildman–Crippen MR) is 112 cm³/mol. The zero-order chi connectivity index (χ0) is 20.4. The van der Waals surface area contributed by atoms with Crippen molar-refractivity contribution in [1.82, 2.24) is 5.01 Å². The second kappa shape index (κ2) is 8.00. The molecule has 4 rings (SSSR count). The summed E-state index contributed by atoms with van der Waals surface area (Å²) in [5, 5.41) is 15.3. The summed E-state index contributed by atoms with van der Waals surface area (Å²) in [6.07, 6.45) is 2.35. The van der Waals surface area contributed by atoms with Crippen LogP contribution in [0.1, 0.15) is 24.5 Å². The molecule has 2 aromatic rings. The van der Waals surface area contributed by atoms with E-state index in [4.69, 9.17) is 10.1 Å². The first-order chi connectivity index (χ1) is 14.0. The highest BCUT2D eigenvalue weighted by Crippen LogP contribution is 2.29. The van der Waals surface area contributed by atoms with E-state index in [1.165, 1.54) is 28.9 Å². The van der Waals surface area contributed by atoms with Crippen LogP contribution < -0.4 is 4.74 Å². The number of halogens is 1. The summed E-state index contributed by atoms with van der Waals surface area (Å²) in [5.74, 6) is -0.0601. The van der Waals surface area contributed by atoms with Gasteiger partial charge in [-0.25, -0.2) is 4.39 Å². The summed E-state index contributed by atoms with van der Waals surface area (Å²) < 4.78 is 18.6. The molecule has 0 spiro atoms. The third kappa shape index (κ3) is 4.12. The summed E-state index contributed by atoms with van der Waals surface area (Å²) in [4.78, 5) is 16.4. The van der Waals surface area contributed by atoms with Crippen LogP contribution in [0.15, 0.2) is 64.2 Å². The fourth-order valence-corrected chi connectivity index (χ4v) is 3.57. The molecule has 0 atom stereocenters. The van der Waals surface area contributed by atoms with Crippen molar-refractivity contribution < 1.29 is 13.9 Å². The Bertz CT molecular complexity index is 1060. The zero-order valence-electron chi connectivity index (χ0n) is 15.6. The van der Waals surface area contributed by atoms with E-state index in [1.807, 2.05) is 6.92 Å². The van der Waals surface area contributed by atoms with Crippen LogP contribution in [0.25, 0.3) is 6.08 Å². The molecule has 1 amide bonds. The number of thioether (sulfide) groups is 1. The molecule has 1 N–H and O–H groups in total. The molecule has 0 saturated heterocycles. The lowest BCUT2D eigenvalue weighted by molar-refractivity contribution is -0.114. The molecule has 2 aromatic carbocycles. The predicted octanol–water partition coefficient (Wildman–Crippen LogP) is 4.43. The van der Waals surface area contributed by atoms with Crippen LogP contribution in [-0.2, 0) is 11.4 Å². The average Bonchev–Trinajstić information content (AvgIpc) is 3.15. The Morgan fingerprint density at radius 3 is 2.59 bits per heavy atom. The molecule has 8 heteroatoms. The van der Waals surface area contributed by atoms with Gasteiger partial charge in [0.25, 0.3) is 5.91 Å². The van der Waals surface area contributed by atoms with E-state index in [2.05, 4.69) is 10.1 Å². The largest absolute Gasteiger partial charge is 0.489 e. The van der Waals surface area contributed by atoms with Gasteiger partial charge in [0.05, 0.1) is 5.57 Å². The number of aliphatic imine (C=N–C) groups is 1. The van der Waals surface area contributed by atoms with Crippen LogP contribution >= 0.6 is 11.8 Å². The number of fused-ring (bicyclic) bond motifs is 1. The highest BCUT2D eigenvalue weighted by atomic mass is 32.2. The van der Waals surface area contributed by atoms with Crippen molar-refractivity contribution >= 4 is 39.8 Å². The summed E-state index contributed by atoms with van der Waals surface area (Å²) in [6, 6.07) is 13.3. The number of benzene rings is 2. The number of carbonyl (C=O) groups excluding carboxylic acids is 1. The lowest BCUT2D eigenvalue weighted by Gasteiger charge is -2.20. The Balaban J connectivity index is 1.47. The molecule has 0 aliphatic carbocycles. The quantitative estimate of drug-likeness (QED) is 0.742. The first-order valence-corrected chi connectivity index (χ1v) is 9.81. The Morgan fingerprint density at radius 1 is 1.17 bits per heavy atom. The molecule has 2 aliphatic heterocycles. The normalized spacial score (nSPS) is 17.3. The molecule has 0 fully saturated rings. The Kier molecular flexibility index (Phi) is 5.26. The third-order valence-corrected chi connectivity index (χ3v) is 5.36. The van der Waals surface area contributed by atoms with Crippen molar-refractivity contribution in [3.05, 3.63) is 71.0 Å². The summed E-state index contributed by atoms with van der Waals surface area (Å²) in [7, 11) is 0. The number of nitrogens with one attached hydrogen (secondary N) is 1. The van der Waals surface area contributed by atoms with Crippen molar-refractivity contribution in [1.29, 1.82) is 5.41 Å². The minimum Gasteiger partial charge on any atom is -0.489 e. The number of hydrogen-bond acceptors (Lipinski definition) is 5. The lowest BCUT2D eigenvalue weighted by Crippen LogP contribution is -2.35. The van der Waals surface area contributed by atoms with Crippen molar-refractivity contribution in [2.75, 3.05) is 0 Å². The SMILES string of the molecule is CCC1=NN2C(=N)/C(=C/c3ccc(OCc4ccc(F)cc4)cc3)C(=O)N=C2S1. The monoisotopic (exact) mass is 408 g/mol. The van der Waals surface area contributed by atoms with Gasteiger partial charge in [-0.2, -0.15) is 15.1 Å². The number of nitrogens with zero attached hydrogens (tertiary/aromatic N) is 3. The lowest BCUT2D eigenvalue weighted by atomic mass is 10.1. The molecule has 0 aromatic heterocycles. The van der Waals surface area contributed by atoms with E-state index in [1.54, 1.807) is 42.5 Å². The number of ether oxygens (including phenoxy) is 1. The number of rotatable bonds is 5. The van der Waals surface area contributed by atoms with E-state index in [0.29, 0.717) is 17.5 Å². The van der Waals surface area contributed by atoms with Gasteiger partial charge in [0.15, 0.2) is 5.84 Å². The van der Waals surface area contributed by atoms with Crippen LogP contribution in [-0.4, -0.2) is 27.0 Å². The molecule has 2 heterocycles. The Morgan fingerprint density at radius 2 is 1.90 bits per heavy atom. The van der Waals surface area contributed by atoms with Gasteiger partial charge in [0, 0.05) is 0 Å². The van der Waals surface area contributed by atoms with Gasteiger partial charge in [-0.05, 0) is 59.7 Å². The van der Waals surface area contributed by atoms with Crippen LogP contribution in [0.3, 0.4) is 0 Å². The zero-order valence-corrected chi connectivity index (χ0v) is 16.4. The Hall–Kier alpha value is -3.26. The van der Waals surface area contributed by atoms with E-state index in [0.717, 1.165) is 22.6 Å². The highest BCUT2D eigenvalue weighted by molar-refractivity contribution is 8.26. The van der Waals surface area contributed by atoms with Crippen LogP contribution in [0.5, 0.6) is 5.75 Å². The van der Waals surface area contributed by atoms with E-state index >= 15 is 0 Å². The summed E-state index contributed by atoms with van der Waals surface area (Å²) >= 11 is 1.32. The maximum atomic E-state index is 12.9. The first-order valence-electron chi connectivity index (χ1n) is 9.00. The maximum Gasteiger partial charge on any atom is 0.283 e. The van der Waals surface area contributed by atoms with Gasteiger partial charge in [-0.1, -0.05) is 31.2 Å². The molecular weight excluding hydrogens is 391 g/mol. The molecule has 146 valence electrons. The van der Waals surface area contributed by atoms with Crippen molar-refractivity contribution in [2.45, 2.75) is 20.0 Å². The van der Waals surface area contributed by atoms with Crippen molar-refractivity contribution in [3.63, 3.8) is 0 Å².